The van der Waals surface area contributed by atoms with Crippen molar-refractivity contribution in [1.82, 2.24) is 14.8 Å². The monoisotopic (exact) mass is 373 g/mol. The van der Waals surface area contributed by atoms with E-state index in [9.17, 15) is 14.4 Å². The summed E-state index contributed by atoms with van der Waals surface area (Å²) in [6.45, 7) is 1.64. The van der Waals surface area contributed by atoms with Gasteiger partial charge in [-0.2, -0.15) is 0 Å². The SMILES string of the molecule is CN1CCC[C@@]2(CCN(C(=O)c3c[nH]c4cc(Cl)ccc4c3=O)C2)C1=O. The Kier molecular flexibility index (Phi) is 4.03. The third kappa shape index (κ3) is 2.60. The van der Waals surface area contributed by atoms with Gasteiger partial charge in [0.25, 0.3) is 5.91 Å². The van der Waals surface area contributed by atoms with Gasteiger partial charge in [0.05, 0.1) is 10.9 Å². The normalized spacial score (nSPS) is 23.2. The summed E-state index contributed by atoms with van der Waals surface area (Å²) in [5.41, 5.74) is -0.0947. The number of carbonyl (C=O) groups is 2. The molecule has 7 heteroatoms. The van der Waals surface area contributed by atoms with E-state index in [1.165, 1.54) is 6.20 Å². The quantitative estimate of drug-likeness (QED) is 0.833. The molecule has 4 rings (SSSR count). The van der Waals surface area contributed by atoms with Crippen LogP contribution in [0.5, 0.6) is 0 Å². The number of nitrogens with one attached hydrogen (secondary N) is 1. The Morgan fingerprint density at radius 1 is 1.23 bits per heavy atom. The molecule has 0 aliphatic carbocycles. The molecule has 2 fully saturated rings. The first-order valence-corrected chi connectivity index (χ1v) is 9.15. The molecule has 2 saturated heterocycles. The number of carbonyl (C=O) groups excluding carboxylic acids is 2. The molecule has 0 saturated carbocycles. The number of pyridine rings is 1. The molecule has 0 unspecified atom stereocenters. The van der Waals surface area contributed by atoms with Crippen LogP contribution in [0.4, 0.5) is 0 Å². The molecule has 2 aromatic rings. The smallest absolute Gasteiger partial charge is 0.259 e. The molecule has 1 spiro atoms. The van der Waals surface area contributed by atoms with Gasteiger partial charge in [-0.15, -0.1) is 0 Å². The van der Waals surface area contributed by atoms with Gasteiger partial charge >= 0.3 is 0 Å². The van der Waals surface area contributed by atoms with E-state index in [1.54, 1.807) is 28.0 Å². The number of piperidine rings is 1. The van der Waals surface area contributed by atoms with E-state index in [2.05, 4.69) is 4.98 Å². The Bertz CT molecular complexity index is 970. The zero-order chi connectivity index (χ0) is 18.5. The van der Waals surface area contributed by atoms with E-state index in [0.717, 1.165) is 19.4 Å². The highest BCUT2D eigenvalue weighted by Gasteiger charge is 2.48. The molecule has 1 aromatic carbocycles. The molecule has 136 valence electrons. The van der Waals surface area contributed by atoms with Crippen LogP contribution < -0.4 is 5.43 Å². The van der Waals surface area contributed by atoms with Crippen molar-refractivity contribution in [3.05, 3.63) is 45.2 Å². The summed E-state index contributed by atoms with van der Waals surface area (Å²) < 4.78 is 0. The van der Waals surface area contributed by atoms with Gasteiger partial charge in [0.1, 0.15) is 5.56 Å². The van der Waals surface area contributed by atoms with Crippen molar-refractivity contribution in [1.29, 1.82) is 0 Å². The Morgan fingerprint density at radius 3 is 2.85 bits per heavy atom. The molecule has 2 amide bonds. The summed E-state index contributed by atoms with van der Waals surface area (Å²) in [6.07, 6.45) is 3.85. The van der Waals surface area contributed by atoms with Crippen molar-refractivity contribution >= 4 is 34.3 Å². The number of aromatic nitrogens is 1. The minimum Gasteiger partial charge on any atom is -0.360 e. The maximum atomic E-state index is 12.9. The fourth-order valence-corrected chi connectivity index (χ4v) is 4.39. The largest absolute Gasteiger partial charge is 0.360 e. The molecule has 3 heterocycles. The molecule has 2 aliphatic heterocycles. The maximum absolute atomic E-state index is 12.9. The second-order valence-corrected chi connectivity index (χ2v) is 7.75. The lowest BCUT2D eigenvalue weighted by molar-refractivity contribution is -0.143. The minimum atomic E-state index is -0.486. The van der Waals surface area contributed by atoms with Gasteiger partial charge in [-0.1, -0.05) is 11.6 Å². The highest BCUT2D eigenvalue weighted by atomic mass is 35.5. The number of hydrogen-bond acceptors (Lipinski definition) is 3. The third-order valence-corrected chi connectivity index (χ3v) is 5.90. The standard InChI is InChI=1S/C19H20ClN3O3/c1-22-7-2-5-19(18(22)26)6-8-23(11-19)17(25)14-10-21-15-9-12(20)3-4-13(15)16(14)24/h3-4,9-10H,2,5-8,11H2,1H3,(H,21,24)/t19-/m0/s1. The molecule has 1 aromatic heterocycles. The van der Waals surface area contributed by atoms with E-state index < -0.39 is 5.41 Å². The minimum absolute atomic E-state index is 0.105. The second kappa shape index (κ2) is 6.13. The van der Waals surface area contributed by atoms with Gasteiger partial charge in [0, 0.05) is 43.3 Å². The van der Waals surface area contributed by atoms with Crippen molar-refractivity contribution in [2.75, 3.05) is 26.7 Å². The van der Waals surface area contributed by atoms with Crippen LogP contribution in [0.2, 0.25) is 5.02 Å². The molecule has 6 nitrogen and oxygen atoms in total. The van der Waals surface area contributed by atoms with E-state index in [1.807, 2.05) is 7.05 Å². The first-order chi connectivity index (χ1) is 12.4. The Hall–Kier alpha value is -2.34. The lowest BCUT2D eigenvalue weighted by Gasteiger charge is -2.37. The molecule has 1 N–H and O–H groups in total. The summed E-state index contributed by atoms with van der Waals surface area (Å²) in [7, 11) is 1.81. The molecule has 2 aliphatic rings. The van der Waals surface area contributed by atoms with Crippen molar-refractivity contribution in [3.63, 3.8) is 0 Å². The number of nitrogens with zero attached hydrogens (tertiary/aromatic N) is 2. The van der Waals surface area contributed by atoms with Crippen LogP contribution in [-0.2, 0) is 4.79 Å². The van der Waals surface area contributed by atoms with E-state index in [-0.39, 0.29) is 22.8 Å². The number of hydrogen-bond donors (Lipinski definition) is 1. The Labute approximate surface area is 155 Å². The highest BCUT2D eigenvalue weighted by Crippen LogP contribution is 2.40. The summed E-state index contributed by atoms with van der Waals surface area (Å²) >= 11 is 5.95. The molecule has 0 bridgehead atoms. The van der Waals surface area contributed by atoms with Crippen LogP contribution >= 0.6 is 11.6 Å². The Balaban J connectivity index is 1.64. The average Bonchev–Trinajstić information content (AvgIpc) is 3.04. The van der Waals surface area contributed by atoms with Crippen molar-refractivity contribution in [2.24, 2.45) is 5.41 Å². The molecule has 1 atom stereocenters. The third-order valence-electron chi connectivity index (χ3n) is 5.66. The molecular weight excluding hydrogens is 354 g/mol. The topological polar surface area (TPSA) is 73.5 Å². The Morgan fingerprint density at radius 2 is 2.04 bits per heavy atom. The maximum Gasteiger partial charge on any atom is 0.259 e. The van der Waals surface area contributed by atoms with Crippen LogP contribution in [0.1, 0.15) is 29.6 Å². The van der Waals surface area contributed by atoms with Gasteiger partial charge in [0.15, 0.2) is 0 Å². The van der Waals surface area contributed by atoms with Gasteiger partial charge < -0.3 is 14.8 Å². The fourth-order valence-electron chi connectivity index (χ4n) is 4.22. The lowest BCUT2D eigenvalue weighted by atomic mass is 9.78. The van der Waals surface area contributed by atoms with Crippen molar-refractivity contribution in [2.45, 2.75) is 19.3 Å². The first kappa shape index (κ1) is 17.1. The van der Waals surface area contributed by atoms with Gasteiger partial charge in [-0.25, -0.2) is 0 Å². The average molecular weight is 374 g/mol. The number of fused-ring (bicyclic) bond motifs is 1. The fraction of sp³-hybridized carbons (Fsp3) is 0.421. The molecule has 26 heavy (non-hydrogen) atoms. The number of rotatable bonds is 1. The van der Waals surface area contributed by atoms with Gasteiger partial charge in [0.2, 0.25) is 11.3 Å². The lowest BCUT2D eigenvalue weighted by Crippen LogP contribution is -2.48. The van der Waals surface area contributed by atoms with Crippen LogP contribution in [0.15, 0.2) is 29.2 Å². The van der Waals surface area contributed by atoms with Crippen LogP contribution in [-0.4, -0.2) is 53.3 Å². The number of likely N-dealkylation sites (tertiary alicyclic amines) is 2. The predicted molar refractivity (Wildman–Crippen MR) is 99.4 cm³/mol. The molecule has 0 radical (unpaired) electrons. The number of benzene rings is 1. The zero-order valence-electron chi connectivity index (χ0n) is 14.5. The van der Waals surface area contributed by atoms with Gasteiger partial charge in [-0.05, 0) is 37.5 Å². The van der Waals surface area contributed by atoms with Crippen molar-refractivity contribution < 1.29 is 9.59 Å². The molecular formula is C19H20ClN3O3. The van der Waals surface area contributed by atoms with Crippen LogP contribution in [0.3, 0.4) is 0 Å². The summed E-state index contributed by atoms with van der Waals surface area (Å²) in [5.74, 6) is -0.206. The number of amides is 2. The zero-order valence-corrected chi connectivity index (χ0v) is 15.3. The highest BCUT2D eigenvalue weighted by molar-refractivity contribution is 6.31. The van der Waals surface area contributed by atoms with Crippen LogP contribution in [0.25, 0.3) is 10.9 Å². The summed E-state index contributed by atoms with van der Waals surface area (Å²) in [4.78, 5) is 44.7. The van der Waals surface area contributed by atoms with E-state index >= 15 is 0 Å². The first-order valence-electron chi connectivity index (χ1n) is 8.77. The summed E-state index contributed by atoms with van der Waals surface area (Å²) in [6, 6.07) is 4.92. The predicted octanol–water partition coefficient (Wildman–Crippen LogP) is 2.27. The van der Waals surface area contributed by atoms with E-state index in [0.29, 0.717) is 35.4 Å². The number of aromatic amines is 1. The van der Waals surface area contributed by atoms with E-state index in [4.69, 9.17) is 11.6 Å². The van der Waals surface area contributed by atoms with Crippen molar-refractivity contribution in [3.8, 4) is 0 Å². The number of H-pyrrole nitrogens is 1. The summed E-state index contributed by atoms with van der Waals surface area (Å²) in [5, 5.41) is 0.955. The van der Waals surface area contributed by atoms with Crippen LogP contribution in [0, 0.1) is 5.41 Å². The number of halogens is 1. The van der Waals surface area contributed by atoms with Gasteiger partial charge in [-0.3, -0.25) is 14.4 Å². The second-order valence-electron chi connectivity index (χ2n) is 7.31.